The number of hydrogen-bond donors (Lipinski definition) is 2. The minimum absolute atomic E-state index is 0.913. The Hall–Kier alpha value is -4.60. The number of hydrogen-bond acceptors (Lipinski definition) is 6. The van der Waals surface area contributed by atoms with Gasteiger partial charge in [-0.15, -0.1) is 45.3 Å². The molecule has 2 aliphatic heterocycles. The molecular formula is C36H22N4S4. The summed E-state index contributed by atoms with van der Waals surface area (Å²) in [6.07, 6.45) is 6.39. The lowest BCUT2D eigenvalue weighted by molar-refractivity contribution is 1.31. The molecule has 44 heavy (non-hydrogen) atoms. The highest BCUT2D eigenvalue weighted by Gasteiger charge is 2.25. The first-order chi connectivity index (χ1) is 21.8. The smallest absolute Gasteiger partial charge is 0.0831 e. The van der Waals surface area contributed by atoms with Crippen molar-refractivity contribution in [3.05, 3.63) is 128 Å². The molecule has 8 bridgehead atoms. The van der Waals surface area contributed by atoms with E-state index in [4.69, 9.17) is 9.97 Å². The average molecular weight is 639 g/mol. The van der Waals surface area contributed by atoms with Crippen molar-refractivity contribution >= 4 is 91.2 Å². The molecule has 0 saturated heterocycles. The van der Waals surface area contributed by atoms with Crippen LogP contribution in [0.4, 0.5) is 0 Å². The second-order valence-electron chi connectivity index (χ2n) is 10.5. The molecule has 9 rings (SSSR count). The van der Waals surface area contributed by atoms with Crippen LogP contribution < -0.4 is 0 Å². The number of nitrogens with zero attached hydrogens (tertiary/aromatic N) is 2. The molecule has 0 amide bonds. The zero-order valence-corrected chi connectivity index (χ0v) is 26.3. The molecule has 0 radical (unpaired) electrons. The Morgan fingerprint density at radius 1 is 0.500 bits per heavy atom. The van der Waals surface area contributed by atoms with E-state index < -0.39 is 0 Å². The second-order valence-corrected chi connectivity index (χ2v) is 14.3. The Kier molecular flexibility index (Phi) is 6.19. The first kappa shape index (κ1) is 25.9. The van der Waals surface area contributed by atoms with E-state index in [9.17, 15) is 0 Å². The van der Waals surface area contributed by atoms with Crippen molar-refractivity contribution in [1.29, 1.82) is 0 Å². The Labute approximate surface area is 269 Å². The minimum atomic E-state index is 0.913. The Balaban J connectivity index is 1.53. The number of rotatable bonds is 4. The van der Waals surface area contributed by atoms with Crippen molar-refractivity contribution in [3.8, 4) is 31.3 Å². The fourth-order valence-corrected chi connectivity index (χ4v) is 8.97. The summed E-state index contributed by atoms with van der Waals surface area (Å²) in [7, 11) is 0. The number of aromatic nitrogens is 4. The first-order valence-electron chi connectivity index (χ1n) is 14.1. The van der Waals surface area contributed by atoms with Gasteiger partial charge in [-0.1, -0.05) is 24.3 Å². The van der Waals surface area contributed by atoms with Gasteiger partial charge in [-0.25, -0.2) is 9.97 Å². The van der Waals surface area contributed by atoms with E-state index in [0.717, 1.165) is 56.0 Å². The van der Waals surface area contributed by atoms with Gasteiger partial charge in [0.05, 0.1) is 33.8 Å². The molecule has 210 valence electrons. The molecule has 0 atom stereocenters. The van der Waals surface area contributed by atoms with Gasteiger partial charge in [0.1, 0.15) is 0 Å². The van der Waals surface area contributed by atoms with E-state index in [1.54, 1.807) is 45.3 Å². The summed E-state index contributed by atoms with van der Waals surface area (Å²) in [5.41, 5.74) is 12.5. The highest BCUT2D eigenvalue weighted by atomic mass is 32.1. The van der Waals surface area contributed by atoms with Crippen molar-refractivity contribution in [2.24, 2.45) is 0 Å². The van der Waals surface area contributed by atoms with Crippen molar-refractivity contribution in [3.63, 3.8) is 0 Å². The lowest BCUT2D eigenvalue weighted by atomic mass is 10.00. The lowest BCUT2D eigenvalue weighted by Crippen LogP contribution is -1.89. The normalized spacial score (nSPS) is 12.6. The van der Waals surface area contributed by atoms with Crippen LogP contribution in [0.25, 0.3) is 77.2 Å². The standard InChI is InChI=1S/C36H22N4S4/c1-5-28(41-13-1)26-19-25-18-23-10-9-21(37-23)17-22-11-12-24(38-22)20-27-32(29-6-2-14-42-29)33(30-7-3-15-43-30)36(40-27)34(35(26)39-25)31-8-4-16-44-31/h1-20,37,40H. The lowest BCUT2D eigenvalue weighted by Gasteiger charge is -2.08. The van der Waals surface area contributed by atoms with Crippen molar-refractivity contribution in [1.82, 2.24) is 19.9 Å². The van der Waals surface area contributed by atoms with Gasteiger partial charge >= 0.3 is 0 Å². The Bertz CT molecular complexity index is 2370. The average Bonchev–Trinajstić information content (AvgIpc) is 3.87. The van der Waals surface area contributed by atoms with Crippen LogP contribution in [0.1, 0.15) is 27.7 Å². The largest absolute Gasteiger partial charge is 0.355 e. The molecule has 7 aromatic heterocycles. The van der Waals surface area contributed by atoms with Gasteiger partial charge in [-0.05, 0) is 94.3 Å². The molecular weight excluding hydrogens is 617 g/mol. The minimum Gasteiger partial charge on any atom is -0.355 e. The molecule has 9 heterocycles. The van der Waals surface area contributed by atoms with Gasteiger partial charge in [0, 0.05) is 52.8 Å². The third-order valence-electron chi connectivity index (χ3n) is 7.71. The van der Waals surface area contributed by atoms with E-state index in [-0.39, 0.29) is 0 Å². The molecule has 4 nitrogen and oxygen atoms in total. The Morgan fingerprint density at radius 3 is 1.70 bits per heavy atom. The number of aromatic amines is 2. The van der Waals surface area contributed by atoms with Crippen molar-refractivity contribution in [2.45, 2.75) is 0 Å². The number of fused-ring (bicyclic) bond motifs is 8. The highest BCUT2D eigenvalue weighted by Crippen LogP contribution is 2.48. The summed E-state index contributed by atoms with van der Waals surface area (Å²) >= 11 is 7.01. The summed E-state index contributed by atoms with van der Waals surface area (Å²) < 4.78 is 0. The van der Waals surface area contributed by atoms with Gasteiger partial charge in [0.2, 0.25) is 0 Å². The van der Waals surface area contributed by atoms with E-state index >= 15 is 0 Å². The molecule has 8 heteroatoms. The molecule has 7 aromatic rings. The maximum Gasteiger partial charge on any atom is 0.0831 e. The molecule has 0 aromatic carbocycles. The maximum atomic E-state index is 5.38. The van der Waals surface area contributed by atoms with Crippen LogP contribution >= 0.6 is 45.3 Å². The zero-order chi connectivity index (χ0) is 29.0. The van der Waals surface area contributed by atoms with E-state index in [1.165, 1.54) is 30.6 Å². The van der Waals surface area contributed by atoms with Gasteiger partial charge < -0.3 is 9.97 Å². The molecule has 2 N–H and O–H groups in total. The van der Waals surface area contributed by atoms with Crippen LogP contribution in [0, 0.1) is 0 Å². The van der Waals surface area contributed by atoms with Gasteiger partial charge in [0.25, 0.3) is 0 Å². The molecule has 2 aliphatic rings. The van der Waals surface area contributed by atoms with Crippen LogP contribution in [0.15, 0.2) is 100 Å². The fraction of sp³-hybridized carbons (Fsp3) is 0. The van der Waals surface area contributed by atoms with Crippen LogP contribution in [0.2, 0.25) is 0 Å². The maximum absolute atomic E-state index is 5.38. The SMILES string of the molecule is C1=Cc2cc3[nH]c(c(-c4cccs4)c4nc(cc5ccc(cc1n2)[nH]5)C=C4c1cccs1)c(-c1cccs1)c3-c1cccs1. The van der Waals surface area contributed by atoms with Crippen LogP contribution in [0.5, 0.6) is 0 Å². The number of H-pyrrole nitrogens is 2. The van der Waals surface area contributed by atoms with E-state index in [0.29, 0.717) is 0 Å². The summed E-state index contributed by atoms with van der Waals surface area (Å²) in [6, 6.07) is 27.9. The predicted molar refractivity (Wildman–Crippen MR) is 191 cm³/mol. The third kappa shape index (κ3) is 4.46. The summed E-state index contributed by atoms with van der Waals surface area (Å²) in [6.45, 7) is 0. The van der Waals surface area contributed by atoms with Crippen LogP contribution in [-0.2, 0) is 0 Å². The summed E-state index contributed by atoms with van der Waals surface area (Å²) in [4.78, 5) is 22.6. The van der Waals surface area contributed by atoms with Gasteiger partial charge in [0.15, 0.2) is 0 Å². The topological polar surface area (TPSA) is 57.4 Å². The summed E-state index contributed by atoms with van der Waals surface area (Å²) in [5.74, 6) is 0. The van der Waals surface area contributed by atoms with Crippen LogP contribution in [-0.4, -0.2) is 19.9 Å². The van der Waals surface area contributed by atoms with Crippen LogP contribution in [0.3, 0.4) is 0 Å². The molecule has 0 fully saturated rings. The molecule has 0 saturated carbocycles. The highest BCUT2D eigenvalue weighted by molar-refractivity contribution is 7.15. The number of nitrogens with one attached hydrogen (secondary N) is 2. The van der Waals surface area contributed by atoms with Crippen molar-refractivity contribution in [2.75, 3.05) is 0 Å². The predicted octanol–water partition coefficient (Wildman–Crippen LogP) is 11.3. The zero-order valence-electron chi connectivity index (χ0n) is 23.1. The van der Waals surface area contributed by atoms with Gasteiger partial charge in [-0.2, -0.15) is 0 Å². The second kappa shape index (κ2) is 10.5. The van der Waals surface area contributed by atoms with E-state index in [2.05, 4.69) is 129 Å². The first-order valence-corrected chi connectivity index (χ1v) is 17.6. The van der Waals surface area contributed by atoms with Gasteiger partial charge in [-0.3, -0.25) is 0 Å². The van der Waals surface area contributed by atoms with E-state index in [1.807, 2.05) is 0 Å². The molecule has 0 spiro atoms. The van der Waals surface area contributed by atoms with Crippen molar-refractivity contribution < 1.29 is 0 Å². The summed E-state index contributed by atoms with van der Waals surface area (Å²) in [5, 5.41) is 8.59. The monoisotopic (exact) mass is 638 g/mol. The molecule has 0 unspecified atom stereocenters. The number of thiophene rings is 4. The Morgan fingerprint density at radius 2 is 1.07 bits per heavy atom. The molecule has 0 aliphatic carbocycles. The third-order valence-corrected chi connectivity index (χ3v) is 11.3. The quantitative estimate of drug-likeness (QED) is 0.201. The fourth-order valence-electron chi connectivity index (χ4n) is 5.88.